The Morgan fingerprint density at radius 3 is 2.54 bits per heavy atom. The van der Waals surface area contributed by atoms with Crippen LogP contribution in [0.5, 0.6) is 5.75 Å². The number of halogens is 2. The molecule has 0 fully saturated rings. The molecule has 28 heavy (non-hydrogen) atoms. The molecule has 1 N–H and O–H groups in total. The fourth-order valence-electron chi connectivity index (χ4n) is 2.80. The van der Waals surface area contributed by atoms with Gasteiger partial charge in [0.25, 0.3) is 5.91 Å². The highest BCUT2D eigenvalue weighted by Crippen LogP contribution is 2.28. The van der Waals surface area contributed by atoms with Crippen LogP contribution in [0.1, 0.15) is 16.7 Å². The van der Waals surface area contributed by atoms with Gasteiger partial charge in [-0.1, -0.05) is 18.7 Å². The Labute approximate surface area is 161 Å². The number of hydrogen-bond donors (Lipinski definition) is 1. The molecule has 0 saturated heterocycles. The molecule has 0 spiro atoms. The van der Waals surface area contributed by atoms with Crippen molar-refractivity contribution in [3.8, 4) is 5.75 Å². The average Bonchev–Trinajstić information content (AvgIpc) is 3.09. The first kappa shape index (κ1) is 21.1. The SMILES string of the molecule is C=CC(=O)N(Cc1cc(C)c(OC(F)F)c(C)c1)c1cnn(CC(=O)NC)c1. The first-order valence-electron chi connectivity index (χ1n) is 8.47. The van der Waals surface area contributed by atoms with Crippen molar-refractivity contribution in [1.29, 1.82) is 0 Å². The molecule has 0 bridgehead atoms. The average molecular weight is 392 g/mol. The van der Waals surface area contributed by atoms with E-state index in [0.29, 0.717) is 16.8 Å². The topological polar surface area (TPSA) is 76.5 Å². The number of rotatable bonds is 8. The molecule has 2 aromatic rings. The van der Waals surface area contributed by atoms with Gasteiger partial charge in [-0.2, -0.15) is 13.9 Å². The molecule has 0 unspecified atom stereocenters. The maximum atomic E-state index is 12.6. The fourth-order valence-corrected chi connectivity index (χ4v) is 2.80. The standard InChI is InChI=1S/C19H22F2N4O3/c1-5-17(27)25(15-8-23-24(10-15)11-16(26)22-4)9-14-6-12(2)18(13(3)7-14)28-19(20)21/h5-8,10,19H,1,9,11H2,2-4H3,(H,22,26). The Morgan fingerprint density at radius 1 is 1.36 bits per heavy atom. The van der Waals surface area contributed by atoms with Gasteiger partial charge in [-0.25, -0.2) is 0 Å². The number of aromatic nitrogens is 2. The Balaban J connectivity index is 2.29. The molecule has 150 valence electrons. The quantitative estimate of drug-likeness (QED) is 0.701. The van der Waals surface area contributed by atoms with Crippen LogP contribution in [0, 0.1) is 13.8 Å². The second-order valence-electron chi connectivity index (χ2n) is 6.14. The second kappa shape index (κ2) is 9.12. The molecule has 0 radical (unpaired) electrons. The van der Waals surface area contributed by atoms with Crippen LogP contribution >= 0.6 is 0 Å². The third kappa shape index (κ3) is 5.15. The molecule has 1 aromatic carbocycles. The molecule has 1 heterocycles. The highest BCUT2D eigenvalue weighted by molar-refractivity contribution is 6.00. The van der Waals surface area contributed by atoms with E-state index in [0.717, 1.165) is 5.56 Å². The van der Waals surface area contributed by atoms with Gasteiger partial charge in [-0.05, 0) is 36.6 Å². The Morgan fingerprint density at radius 2 is 2.00 bits per heavy atom. The van der Waals surface area contributed by atoms with Crippen molar-refractivity contribution in [1.82, 2.24) is 15.1 Å². The molecule has 0 aliphatic carbocycles. The number of hydrogen-bond acceptors (Lipinski definition) is 4. The lowest BCUT2D eigenvalue weighted by molar-refractivity contribution is -0.121. The number of carbonyl (C=O) groups is 2. The number of anilines is 1. The Hall–Kier alpha value is -3.23. The summed E-state index contributed by atoms with van der Waals surface area (Å²) in [6, 6.07) is 3.37. The number of nitrogens with one attached hydrogen (secondary N) is 1. The van der Waals surface area contributed by atoms with Crippen molar-refractivity contribution in [3.63, 3.8) is 0 Å². The van der Waals surface area contributed by atoms with E-state index < -0.39 is 6.61 Å². The van der Waals surface area contributed by atoms with Gasteiger partial charge in [0.05, 0.1) is 18.4 Å². The number of aryl methyl sites for hydroxylation is 2. The van der Waals surface area contributed by atoms with E-state index in [1.54, 1.807) is 32.2 Å². The summed E-state index contributed by atoms with van der Waals surface area (Å²) in [5.74, 6) is -0.460. The predicted molar refractivity (Wildman–Crippen MR) is 100 cm³/mol. The third-order valence-electron chi connectivity index (χ3n) is 4.02. The van der Waals surface area contributed by atoms with Crippen LogP contribution in [0.25, 0.3) is 0 Å². The molecule has 9 heteroatoms. The maximum Gasteiger partial charge on any atom is 0.387 e. The van der Waals surface area contributed by atoms with Crippen LogP contribution in [0.2, 0.25) is 0 Å². The van der Waals surface area contributed by atoms with E-state index in [9.17, 15) is 18.4 Å². The Bertz CT molecular complexity index is 857. The van der Waals surface area contributed by atoms with Gasteiger partial charge in [0.1, 0.15) is 12.3 Å². The number of nitrogens with zero attached hydrogens (tertiary/aromatic N) is 3. The van der Waals surface area contributed by atoms with Gasteiger partial charge in [0.2, 0.25) is 5.91 Å². The lowest BCUT2D eigenvalue weighted by Gasteiger charge is -2.21. The normalized spacial score (nSPS) is 10.6. The van der Waals surface area contributed by atoms with Crippen molar-refractivity contribution in [2.45, 2.75) is 33.5 Å². The number of benzene rings is 1. The monoisotopic (exact) mass is 392 g/mol. The van der Waals surface area contributed by atoms with Crippen LogP contribution in [0.3, 0.4) is 0 Å². The van der Waals surface area contributed by atoms with Crippen molar-refractivity contribution in [2.75, 3.05) is 11.9 Å². The summed E-state index contributed by atoms with van der Waals surface area (Å²) < 4.78 is 31.1. The van der Waals surface area contributed by atoms with Crippen molar-refractivity contribution < 1.29 is 23.1 Å². The summed E-state index contributed by atoms with van der Waals surface area (Å²) in [7, 11) is 1.52. The summed E-state index contributed by atoms with van der Waals surface area (Å²) in [6.07, 6.45) is 4.22. The van der Waals surface area contributed by atoms with E-state index in [2.05, 4.69) is 21.7 Å². The zero-order valence-corrected chi connectivity index (χ0v) is 15.9. The molecule has 0 aliphatic heterocycles. The molecule has 0 saturated carbocycles. The highest BCUT2D eigenvalue weighted by Gasteiger charge is 2.18. The minimum absolute atomic E-state index is 0.0184. The van der Waals surface area contributed by atoms with Gasteiger partial charge in [-0.3, -0.25) is 14.3 Å². The van der Waals surface area contributed by atoms with E-state index in [-0.39, 0.29) is 30.7 Å². The van der Waals surface area contributed by atoms with Gasteiger partial charge in [0, 0.05) is 13.2 Å². The summed E-state index contributed by atoms with van der Waals surface area (Å²) in [5, 5.41) is 6.58. The van der Waals surface area contributed by atoms with Crippen LogP contribution < -0.4 is 15.0 Å². The molecule has 7 nitrogen and oxygen atoms in total. The van der Waals surface area contributed by atoms with Crippen LogP contribution in [0.4, 0.5) is 14.5 Å². The van der Waals surface area contributed by atoms with E-state index in [1.807, 2.05) is 0 Å². The van der Waals surface area contributed by atoms with E-state index in [4.69, 9.17) is 0 Å². The number of likely N-dealkylation sites (N-methyl/N-ethyl adjacent to an activating group) is 1. The van der Waals surface area contributed by atoms with Gasteiger partial charge >= 0.3 is 6.61 Å². The molecule has 1 aromatic heterocycles. The minimum Gasteiger partial charge on any atom is -0.434 e. The van der Waals surface area contributed by atoms with Gasteiger partial charge in [0.15, 0.2) is 0 Å². The first-order valence-corrected chi connectivity index (χ1v) is 8.47. The molecule has 2 amide bonds. The van der Waals surface area contributed by atoms with Crippen LogP contribution in [0.15, 0.2) is 37.2 Å². The van der Waals surface area contributed by atoms with Gasteiger partial charge in [-0.15, -0.1) is 0 Å². The third-order valence-corrected chi connectivity index (χ3v) is 4.02. The predicted octanol–water partition coefficient (Wildman–Crippen LogP) is 2.57. The molecule has 2 rings (SSSR count). The zero-order valence-electron chi connectivity index (χ0n) is 15.9. The van der Waals surface area contributed by atoms with Crippen molar-refractivity contribution >= 4 is 17.5 Å². The minimum atomic E-state index is -2.91. The number of carbonyl (C=O) groups excluding carboxylic acids is 2. The first-order chi connectivity index (χ1) is 13.2. The van der Waals surface area contributed by atoms with E-state index >= 15 is 0 Å². The largest absolute Gasteiger partial charge is 0.434 e. The number of amides is 2. The lowest BCUT2D eigenvalue weighted by atomic mass is 10.0. The number of alkyl halides is 2. The zero-order chi connectivity index (χ0) is 20.8. The van der Waals surface area contributed by atoms with Crippen LogP contribution in [-0.2, 0) is 22.7 Å². The fraction of sp³-hybridized carbons (Fsp3) is 0.316. The summed E-state index contributed by atoms with van der Waals surface area (Å²) in [5.41, 5.74) is 2.29. The smallest absolute Gasteiger partial charge is 0.387 e. The lowest BCUT2D eigenvalue weighted by Crippen LogP contribution is -2.28. The number of ether oxygens (including phenoxy) is 1. The summed E-state index contributed by atoms with van der Waals surface area (Å²) in [6.45, 7) is 4.12. The molecule has 0 aliphatic rings. The van der Waals surface area contributed by atoms with Gasteiger partial charge < -0.3 is 15.0 Å². The Kier molecular flexibility index (Phi) is 6.86. The second-order valence-corrected chi connectivity index (χ2v) is 6.14. The summed E-state index contributed by atoms with van der Waals surface area (Å²) >= 11 is 0. The van der Waals surface area contributed by atoms with Crippen molar-refractivity contribution in [2.24, 2.45) is 0 Å². The van der Waals surface area contributed by atoms with E-state index in [1.165, 1.54) is 28.9 Å². The summed E-state index contributed by atoms with van der Waals surface area (Å²) in [4.78, 5) is 25.3. The van der Waals surface area contributed by atoms with Crippen molar-refractivity contribution in [3.05, 3.63) is 53.9 Å². The van der Waals surface area contributed by atoms with Crippen LogP contribution in [-0.4, -0.2) is 35.3 Å². The molecule has 0 atom stereocenters. The highest BCUT2D eigenvalue weighted by atomic mass is 19.3. The maximum absolute atomic E-state index is 12.6. The molecular formula is C19H22F2N4O3. The molecular weight excluding hydrogens is 370 g/mol.